The second kappa shape index (κ2) is 8.23. The van der Waals surface area contributed by atoms with Gasteiger partial charge in [-0.3, -0.25) is 14.5 Å². The Bertz CT molecular complexity index is 1000. The van der Waals surface area contributed by atoms with Gasteiger partial charge in [0.15, 0.2) is 5.82 Å². The second-order valence-corrected chi connectivity index (χ2v) is 5.79. The summed E-state index contributed by atoms with van der Waals surface area (Å²) in [6.07, 6.45) is 2.21. The Labute approximate surface area is 155 Å². The standard InChI is InChI=1S/C20H16F2N4O/c1-14-4-6-17(11-16(14)7-5-15-3-2-9-23-12-15)20(27)24-19-8-10-26(25-19)13-18(21)22/h2-4,6,8-12,18H,13H2,1H3,(H,24,25,27). The van der Waals surface area contributed by atoms with Crippen LogP contribution < -0.4 is 5.32 Å². The number of nitrogens with zero attached hydrogens (tertiary/aromatic N) is 3. The molecule has 0 atom stereocenters. The second-order valence-electron chi connectivity index (χ2n) is 5.79. The fourth-order valence-electron chi connectivity index (χ4n) is 2.33. The molecule has 0 bridgehead atoms. The topological polar surface area (TPSA) is 59.8 Å². The molecule has 0 fully saturated rings. The lowest BCUT2D eigenvalue weighted by molar-refractivity contribution is 0.102. The minimum absolute atomic E-state index is 0.212. The van der Waals surface area contributed by atoms with E-state index in [0.717, 1.165) is 21.4 Å². The smallest absolute Gasteiger partial charge is 0.257 e. The summed E-state index contributed by atoms with van der Waals surface area (Å²) < 4.78 is 25.8. The lowest BCUT2D eigenvalue weighted by Crippen LogP contribution is -2.14. The van der Waals surface area contributed by atoms with E-state index in [9.17, 15) is 13.6 Å². The fourth-order valence-corrected chi connectivity index (χ4v) is 2.33. The highest BCUT2D eigenvalue weighted by atomic mass is 19.3. The molecule has 1 aromatic carbocycles. The average Bonchev–Trinajstić information content (AvgIpc) is 3.07. The Morgan fingerprint density at radius 1 is 1.26 bits per heavy atom. The largest absolute Gasteiger partial charge is 0.305 e. The summed E-state index contributed by atoms with van der Waals surface area (Å²) in [5.41, 5.74) is 2.83. The van der Waals surface area contributed by atoms with E-state index in [1.54, 1.807) is 36.7 Å². The SMILES string of the molecule is Cc1ccc(C(=O)Nc2ccn(CC(F)F)n2)cc1C#Cc1cccnc1. The monoisotopic (exact) mass is 366 g/mol. The molecule has 3 aromatic rings. The number of benzene rings is 1. The Kier molecular flexibility index (Phi) is 5.57. The molecule has 1 amide bonds. The molecule has 2 heterocycles. The zero-order chi connectivity index (χ0) is 19.2. The molecular weight excluding hydrogens is 350 g/mol. The molecule has 0 aliphatic carbocycles. The number of anilines is 1. The van der Waals surface area contributed by atoms with Crippen molar-refractivity contribution in [2.24, 2.45) is 0 Å². The molecule has 27 heavy (non-hydrogen) atoms. The van der Waals surface area contributed by atoms with Crippen LogP contribution in [0.1, 0.15) is 27.0 Å². The predicted molar refractivity (Wildman–Crippen MR) is 97.6 cm³/mol. The number of aryl methyl sites for hydroxylation is 1. The van der Waals surface area contributed by atoms with E-state index < -0.39 is 13.0 Å². The molecule has 0 aliphatic heterocycles. The van der Waals surface area contributed by atoms with Gasteiger partial charge in [0, 0.05) is 41.3 Å². The third kappa shape index (κ3) is 4.98. The van der Waals surface area contributed by atoms with Crippen molar-refractivity contribution in [3.05, 3.63) is 77.2 Å². The molecule has 136 valence electrons. The van der Waals surface area contributed by atoms with E-state index in [2.05, 4.69) is 27.2 Å². The van der Waals surface area contributed by atoms with Crippen LogP contribution in [0.3, 0.4) is 0 Å². The van der Waals surface area contributed by atoms with E-state index >= 15 is 0 Å². The minimum Gasteiger partial charge on any atom is -0.305 e. The third-order valence-corrected chi connectivity index (χ3v) is 3.71. The van der Waals surface area contributed by atoms with Gasteiger partial charge in [-0.15, -0.1) is 0 Å². The molecule has 0 saturated heterocycles. The van der Waals surface area contributed by atoms with Crippen LogP contribution in [0.5, 0.6) is 0 Å². The molecule has 0 unspecified atom stereocenters. The summed E-state index contributed by atoms with van der Waals surface area (Å²) in [5, 5.41) is 6.50. The number of halogens is 2. The molecule has 3 rings (SSSR count). The molecule has 0 saturated carbocycles. The third-order valence-electron chi connectivity index (χ3n) is 3.71. The summed E-state index contributed by atoms with van der Waals surface area (Å²) in [7, 11) is 0. The van der Waals surface area contributed by atoms with Gasteiger partial charge in [-0.25, -0.2) is 8.78 Å². The van der Waals surface area contributed by atoms with Crippen LogP contribution in [0.15, 0.2) is 55.0 Å². The number of pyridine rings is 1. The average molecular weight is 366 g/mol. The van der Waals surface area contributed by atoms with Gasteiger partial charge in [0.05, 0.1) is 0 Å². The van der Waals surface area contributed by atoms with E-state index in [1.165, 1.54) is 12.3 Å². The number of carbonyl (C=O) groups is 1. The van der Waals surface area contributed by atoms with Crippen molar-refractivity contribution in [2.45, 2.75) is 19.9 Å². The summed E-state index contributed by atoms with van der Waals surface area (Å²) in [6.45, 7) is 1.38. The van der Waals surface area contributed by atoms with Crippen molar-refractivity contribution in [3.63, 3.8) is 0 Å². The number of amides is 1. The molecule has 5 nitrogen and oxygen atoms in total. The van der Waals surface area contributed by atoms with Crippen molar-refractivity contribution < 1.29 is 13.6 Å². The first kappa shape index (κ1) is 18.3. The Morgan fingerprint density at radius 3 is 2.85 bits per heavy atom. The number of hydrogen-bond donors (Lipinski definition) is 1. The predicted octanol–water partition coefficient (Wildman–Crippen LogP) is 3.50. The summed E-state index contributed by atoms with van der Waals surface area (Å²) in [4.78, 5) is 16.4. The highest BCUT2D eigenvalue weighted by molar-refractivity contribution is 6.04. The van der Waals surface area contributed by atoms with Gasteiger partial charge in [0.1, 0.15) is 6.54 Å². The molecule has 2 aromatic heterocycles. The number of rotatable bonds is 4. The maximum atomic E-state index is 12.4. The van der Waals surface area contributed by atoms with Crippen LogP contribution in [0, 0.1) is 18.8 Å². The van der Waals surface area contributed by atoms with Crippen LogP contribution in [0.4, 0.5) is 14.6 Å². The molecule has 7 heteroatoms. The van der Waals surface area contributed by atoms with Gasteiger partial charge in [0.25, 0.3) is 12.3 Å². The molecule has 0 radical (unpaired) electrons. The molecule has 1 N–H and O–H groups in total. The van der Waals surface area contributed by atoms with Gasteiger partial charge in [-0.05, 0) is 36.8 Å². The van der Waals surface area contributed by atoms with Gasteiger partial charge in [-0.2, -0.15) is 5.10 Å². The van der Waals surface area contributed by atoms with E-state index in [1.807, 2.05) is 13.0 Å². The van der Waals surface area contributed by atoms with Crippen LogP contribution in [0.25, 0.3) is 0 Å². The number of carbonyl (C=O) groups excluding carboxylic acids is 1. The molecule has 0 aliphatic rings. The van der Waals surface area contributed by atoms with Crippen LogP contribution in [-0.2, 0) is 6.54 Å². The molecular formula is C20H16F2N4O. The number of aromatic nitrogens is 3. The highest BCUT2D eigenvalue weighted by Crippen LogP contribution is 2.13. The van der Waals surface area contributed by atoms with Crippen molar-refractivity contribution in [1.82, 2.24) is 14.8 Å². The van der Waals surface area contributed by atoms with Gasteiger partial charge in [-0.1, -0.05) is 17.9 Å². The zero-order valence-electron chi connectivity index (χ0n) is 14.5. The maximum absolute atomic E-state index is 12.4. The summed E-state index contributed by atoms with van der Waals surface area (Å²) >= 11 is 0. The van der Waals surface area contributed by atoms with Crippen molar-refractivity contribution >= 4 is 11.7 Å². The first-order chi connectivity index (χ1) is 13.0. The quantitative estimate of drug-likeness (QED) is 0.719. The van der Waals surface area contributed by atoms with Gasteiger partial charge >= 0.3 is 0 Å². The van der Waals surface area contributed by atoms with Crippen LogP contribution in [0.2, 0.25) is 0 Å². The van der Waals surface area contributed by atoms with Gasteiger partial charge in [0.2, 0.25) is 0 Å². The normalized spacial score (nSPS) is 10.4. The van der Waals surface area contributed by atoms with E-state index in [-0.39, 0.29) is 11.7 Å². The van der Waals surface area contributed by atoms with E-state index in [0.29, 0.717) is 5.56 Å². The zero-order valence-corrected chi connectivity index (χ0v) is 14.5. The van der Waals surface area contributed by atoms with Crippen molar-refractivity contribution in [3.8, 4) is 11.8 Å². The number of alkyl halides is 2. The first-order valence-electron chi connectivity index (χ1n) is 8.17. The fraction of sp³-hybridized carbons (Fsp3) is 0.150. The number of hydrogen-bond acceptors (Lipinski definition) is 3. The van der Waals surface area contributed by atoms with Crippen LogP contribution in [-0.4, -0.2) is 27.1 Å². The van der Waals surface area contributed by atoms with Gasteiger partial charge < -0.3 is 5.32 Å². The maximum Gasteiger partial charge on any atom is 0.257 e. The lowest BCUT2D eigenvalue weighted by atomic mass is 10.0. The molecule has 0 spiro atoms. The van der Waals surface area contributed by atoms with Crippen molar-refractivity contribution in [2.75, 3.05) is 5.32 Å². The summed E-state index contributed by atoms with van der Waals surface area (Å²) in [6, 6.07) is 10.3. The van der Waals surface area contributed by atoms with Crippen LogP contribution >= 0.6 is 0 Å². The Hall–Kier alpha value is -3.53. The Balaban J connectivity index is 1.76. The highest BCUT2D eigenvalue weighted by Gasteiger charge is 2.11. The first-order valence-corrected chi connectivity index (χ1v) is 8.17. The minimum atomic E-state index is -2.51. The summed E-state index contributed by atoms with van der Waals surface area (Å²) in [5.74, 6) is 5.87. The van der Waals surface area contributed by atoms with Crippen molar-refractivity contribution in [1.29, 1.82) is 0 Å². The number of nitrogens with one attached hydrogen (secondary N) is 1. The Morgan fingerprint density at radius 2 is 2.11 bits per heavy atom. The lowest BCUT2D eigenvalue weighted by Gasteiger charge is -2.05. The van der Waals surface area contributed by atoms with E-state index in [4.69, 9.17) is 0 Å².